The lowest BCUT2D eigenvalue weighted by Crippen LogP contribution is -2.54. The van der Waals surface area contributed by atoms with Crippen LogP contribution in [0, 0.1) is 0 Å². The standard InChI is InChI=1S/C45H31N3O3/c1-2-10-26(11-3-1)43-46-44(28-20-22-31-30-12-4-6-17-36(30)50-40(31)25-28)48-45(47-43)34-16-8-15-32-35-24-27(21-23-38(35)51-42(32)34)29-14-9-19-39-41(29)33-13-5-7-18-37(33)49-39/h1-25,43-48H. The molecular weight excluding hydrogens is 631 g/mol. The molecule has 0 bridgehead atoms. The van der Waals surface area contributed by atoms with Crippen LogP contribution in [0.1, 0.15) is 35.2 Å². The summed E-state index contributed by atoms with van der Waals surface area (Å²) in [7, 11) is 0. The van der Waals surface area contributed by atoms with Crippen molar-refractivity contribution < 1.29 is 13.3 Å². The van der Waals surface area contributed by atoms with Gasteiger partial charge in [-0.15, -0.1) is 0 Å². The van der Waals surface area contributed by atoms with Crippen LogP contribution in [-0.4, -0.2) is 0 Å². The summed E-state index contributed by atoms with van der Waals surface area (Å²) >= 11 is 0. The minimum absolute atomic E-state index is 0.120. The number of furan rings is 3. The fraction of sp³-hybridized carbons (Fsp3) is 0.0667. The van der Waals surface area contributed by atoms with Crippen molar-refractivity contribution in [2.75, 3.05) is 0 Å². The Hall–Kier alpha value is -6.18. The SMILES string of the molecule is c1ccc(C2NC(c3ccc4c(c3)oc3ccccc34)NC(c3cccc4c3oc3ccc(-c5cccc6oc7ccccc7c56)cc34)N2)cc1. The highest BCUT2D eigenvalue weighted by atomic mass is 16.3. The van der Waals surface area contributed by atoms with Crippen molar-refractivity contribution >= 4 is 65.8 Å². The molecule has 51 heavy (non-hydrogen) atoms. The zero-order valence-corrected chi connectivity index (χ0v) is 27.4. The van der Waals surface area contributed by atoms with E-state index >= 15 is 0 Å². The molecule has 6 heteroatoms. The van der Waals surface area contributed by atoms with E-state index in [-0.39, 0.29) is 18.5 Å². The Balaban J connectivity index is 1.02. The molecule has 3 aromatic heterocycles. The Morgan fingerprint density at radius 3 is 1.90 bits per heavy atom. The van der Waals surface area contributed by atoms with Crippen LogP contribution in [0.4, 0.5) is 0 Å². The molecule has 3 N–H and O–H groups in total. The third kappa shape index (κ3) is 4.55. The van der Waals surface area contributed by atoms with E-state index in [2.05, 4.69) is 131 Å². The van der Waals surface area contributed by atoms with Gasteiger partial charge < -0.3 is 13.3 Å². The predicted molar refractivity (Wildman–Crippen MR) is 204 cm³/mol. The summed E-state index contributed by atoms with van der Waals surface area (Å²) in [4.78, 5) is 0. The van der Waals surface area contributed by atoms with E-state index in [4.69, 9.17) is 13.3 Å². The highest BCUT2D eigenvalue weighted by Crippen LogP contribution is 2.41. The molecule has 10 aromatic rings. The Morgan fingerprint density at radius 1 is 0.373 bits per heavy atom. The zero-order chi connectivity index (χ0) is 33.5. The molecule has 0 spiro atoms. The smallest absolute Gasteiger partial charge is 0.141 e. The van der Waals surface area contributed by atoms with Crippen molar-refractivity contribution in [3.05, 3.63) is 168 Å². The molecule has 1 aliphatic rings. The highest BCUT2D eigenvalue weighted by molar-refractivity contribution is 6.14. The van der Waals surface area contributed by atoms with Crippen molar-refractivity contribution in [2.24, 2.45) is 0 Å². The van der Waals surface area contributed by atoms with Crippen LogP contribution in [0.15, 0.2) is 165 Å². The van der Waals surface area contributed by atoms with E-state index in [9.17, 15) is 0 Å². The third-order valence-corrected chi connectivity index (χ3v) is 10.4. The van der Waals surface area contributed by atoms with E-state index < -0.39 is 0 Å². The number of rotatable bonds is 4. The molecule has 0 aliphatic carbocycles. The topological polar surface area (TPSA) is 75.5 Å². The van der Waals surface area contributed by atoms with Gasteiger partial charge in [-0.25, -0.2) is 0 Å². The second kappa shape index (κ2) is 11.2. The first kappa shape index (κ1) is 28.6. The maximum absolute atomic E-state index is 6.71. The number of hydrogen-bond acceptors (Lipinski definition) is 6. The van der Waals surface area contributed by atoms with Crippen LogP contribution < -0.4 is 16.0 Å². The number of benzene rings is 7. The molecule has 3 atom stereocenters. The lowest BCUT2D eigenvalue weighted by molar-refractivity contribution is 0.203. The molecule has 1 fully saturated rings. The second-order valence-corrected chi connectivity index (χ2v) is 13.4. The van der Waals surface area contributed by atoms with Crippen molar-refractivity contribution in [3.8, 4) is 11.1 Å². The Labute approximate surface area is 292 Å². The van der Waals surface area contributed by atoms with Crippen molar-refractivity contribution in [1.29, 1.82) is 0 Å². The summed E-state index contributed by atoms with van der Waals surface area (Å²) in [5.74, 6) is 0. The normalized spacial score (nSPS) is 18.2. The van der Waals surface area contributed by atoms with Crippen LogP contribution >= 0.6 is 0 Å². The van der Waals surface area contributed by atoms with Crippen LogP contribution in [0.2, 0.25) is 0 Å². The second-order valence-electron chi connectivity index (χ2n) is 13.4. The summed E-state index contributed by atoms with van der Waals surface area (Å²) in [6.07, 6.45) is -0.511. The lowest BCUT2D eigenvalue weighted by atomic mass is 9.97. The van der Waals surface area contributed by atoms with Gasteiger partial charge in [0, 0.05) is 37.9 Å². The molecule has 3 unspecified atom stereocenters. The number of hydrogen-bond donors (Lipinski definition) is 3. The Morgan fingerprint density at radius 2 is 1.02 bits per heavy atom. The van der Waals surface area contributed by atoms with E-state index in [1.54, 1.807) is 0 Å². The molecule has 7 aromatic carbocycles. The summed E-state index contributed by atoms with van der Waals surface area (Å²) in [5, 5.41) is 18.1. The van der Waals surface area contributed by atoms with Crippen molar-refractivity contribution in [1.82, 2.24) is 16.0 Å². The van der Waals surface area contributed by atoms with Gasteiger partial charge in [0.15, 0.2) is 0 Å². The molecule has 0 saturated carbocycles. The van der Waals surface area contributed by atoms with E-state index in [1.165, 1.54) is 0 Å². The minimum Gasteiger partial charge on any atom is -0.456 e. The Bertz CT molecular complexity index is 2940. The molecule has 4 heterocycles. The Kier molecular flexibility index (Phi) is 6.27. The van der Waals surface area contributed by atoms with E-state index in [0.29, 0.717) is 0 Å². The van der Waals surface area contributed by atoms with Gasteiger partial charge in [0.1, 0.15) is 33.5 Å². The first-order valence-electron chi connectivity index (χ1n) is 17.4. The molecular formula is C45H31N3O3. The van der Waals surface area contributed by atoms with Crippen LogP contribution in [0.3, 0.4) is 0 Å². The maximum Gasteiger partial charge on any atom is 0.141 e. The highest BCUT2D eigenvalue weighted by Gasteiger charge is 2.32. The number of fused-ring (bicyclic) bond motifs is 9. The van der Waals surface area contributed by atoms with Crippen molar-refractivity contribution in [2.45, 2.75) is 18.5 Å². The molecule has 0 radical (unpaired) electrons. The van der Waals surface area contributed by atoms with Gasteiger partial charge in [0.05, 0.1) is 18.5 Å². The van der Waals surface area contributed by atoms with Gasteiger partial charge in [0.2, 0.25) is 0 Å². The van der Waals surface area contributed by atoms with Gasteiger partial charge >= 0.3 is 0 Å². The minimum atomic E-state index is -0.220. The molecule has 1 saturated heterocycles. The summed E-state index contributed by atoms with van der Waals surface area (Å²) in [6.45, 7) is 0. The summed E-state index contributed by atoms with van der Waals surface area (Å²) in [5.41, 5.74) is 10.8. The predicted octanol–water partition coefficient (Wildman–Crippen LogP) is 11.2. The van der Waals surface area contributed by atoms with Crippen LogP contribution in [0.25, 0.3) is 76.9 Å². The molecule has 11 rings (SSSR count). The van der Waals surface area contributed by atoms with Gasteiger partial charge in [-0.3, -0.25) is 16.0 Å². The average Bonchev–Trinajstić information content (AvgIpc) is 3.88. The zero-order valence-electron chi connectivity index (χ0n) is 27.4. The van der Waals surface area contributed by atoms with Gasteiger partial charge in [-0.2, -0.15) is 0 Å². The average molecular weight is 662 g/mol. The lowest BCUT2D eigenvalue weighted by Gasteiger charge is -2.39. The number of para-hydroxylation sites is 3. The van der Waals surface area contributed by atoms with Gasteiger partial charge in [-0.1, -0.05) is 115 Å². The monoisotopic (exact) mass is 661 g/mol. The molecule has 6 nitrogen and oxygen atoms in total. The summed E-state index contributed by atoms with van der Waals surface area (Å²) < 4.78 is 19.2. The number of nitrogens with one attached hydrogen (secondary N) is 3. The van der Waals surface area contributed by atoms with Crippen LogP contribution in [-0.2, 0) is 0 Å². The van der Waals surface area contributed by atoms with Gasteiger partial charge in [0.25, 0.3) is 0 Å². The van der Waals surface area contributed by atoms with E-state index in [1.807, 2.05) is 36.4 Å². The first-order valence-corrected chi connectivity index (χ1v) is 17.4. The van der Waals surface area contributed by atoms with Crippen molar-refractivity contribution in [3.63, 3.8) is 0 Å². The molecule has 244 valence electrons. The summed E-state index contributed by atoms with van der Waals surface area (Å²) in [6, 6.07) is 52.7. The first-order chi connectivity index (χ1) is 25.2. The quantitative estimate of drug-likeness (QED) is 0.174. The fourth-order valence-electron chi connectivity index (χ4n) is 8.01. The molecule has 0 amide bonds. The van der Waals surface area contributed by atoms with Crippen LogP contribution in [0.5, 0.6) is 0 Å². The molecule has 1 aliphatic heterocycles. The largest absolute Gasteiger partial charge is 0.456 e. The van der Waals surface area contributed by atoms with E-state index in [0.717, 1.165) is 93.6 Å². The third-order valence-electron chi connectivity index (χ3n) is 10.4. The maximum atomic E-state index is 6.71. The van der Waals surface area contributed by atoms with Gasteiger partial charge in [-0.05, 0) is 58.7 Å². The fourth-order valence-corrected chi connectivity index (χ4v) is 8.01.